The summed E-state index contributed by atoms with van der Waals surface area (Å²) in [6, 6.07) is 17.3. The smallest absolute Gasteiger partial charge is 0.288 e. The average molecular weight is 408 g/mol. The van der Waals surface area contributed by atoms with Crippen LogP contribution in [0.4, 0.5) is 11.4 Å². The summed E-state index contributed by atoms with van der Waals surface area (Å²) >= 11 is 5.83. The van der Waals surface area contributed by atoms with Gasteiger partial charge in [-0.15, -0.1) is 0 Å². The van der Waals surface area contributed by atoms with Crippen LogP contribution in [0.5, 0.6) is 5.75 Å². The fourth-order valence-electron chi connectivity index (χ4n) is 2.75. The van der Waals surface area contributed by atoms with E-state index in [1.807, 2.05) is 24.3 Å². The molecule has 4 aromatic rings. The highest BCUT2D eigenvalue weighted by atomic mass is 35.5. The number of rotatable bonds is 5. The first-order valence-corrected chi connectivity index (χ1v) is 8.94. The number of aromatic nitrogens is 1. The number of fused-ring (bicyclic) bond motifs is 1. The second-order valence-electron chi connectivity index (χ2n) is 6.13. The molecule has 0 spiro atoms. The summed E-state index contributed by atoms with van der Waals surface area (Å²) in [5.74, 6) is 1.25. The SMILES string of the molecule is COc1ccc(-c2nc3cc(N=Cc4ccc(Cl)c([N+](=O)[O-])c4)ccc3o2)cc1. The average Bonchev–Trinajstić information content (AvgIpc) is 3.16. The van der Waals surface area contributed by atoms with Crippen LogP contribution in [0.1, 0.15) is 5.56 Å². The third-order valence-corrected chi connectivity index (χ3v) is 4.56. The van der Waals surface area contributed by atoms with Crippen molar-refractivity contribution in [2.75, 3.05) is 7.11 Å². The first-order valence-electron chi connectivity index (χ1n) is 8.56. The zero-order valence-corrected chi connectivity index (χ0v) is 16.0. The van der Waals surface area contributed by atoms with Crippen molar-refractivity contribution in [3.63, 3.8) is 0 Å². The van der Waals surface area contributed by atoms with Crippen LogP contribution in [-0.2, 0) is 0 Å². The zero-order chi connectivity index (χ0) is 20.4. The molecule has 144 valence electrons. The predicted octanol–water partition coefficient (Wildman–Crippen LogP) is 5.82. The summed E-state index contributed by atoms with van der Waals surface area (Å²) in [6.45, 7) is 0. The normalized spacial score (nSPS) is 11.2. The van der Waals surface area contributed by atoms with Crippen molar-refractivity contribution in [2.45, 2.75) is 0 Å². The minimum absolute atomic E-state index is 0.0854. The highest BCUT2D eigenvalue weighted by Crippen LogP contribution is 2.29. The molecule has 4 rings (SSSR count). The lowest BCUT2D eigenvalue weighted by atomic mass is 10.2. The molecule has 0 amide bonds. The Balaban J connectivity index is 1.61. The second kappa shape index (κ2) is 7.73. The van der Waals surface area contributed by atoms with E-state index in [1.54, 1.807) is 31.4 Å². The van der Waals surface area contributed by atoms with Crippen molar-refractivity contribution in [2.24, 2.45) is 4.99 Å². The predicted molar refractivity (Wildman–Crippen MR) is 111 cm³/mol. The molecule has 0 aliphatic carbocycles. The summed E-state index contributed by atoms with van der Waals surface area (Å²) in [6.07, 6.45) is 1.54. The Bertz CT molecular complexity index is 1230. The first-order chi connectivity index (χ1) is 14.0. The Hall–Kier alpha value is -3.71. The molecule has 29 heavy (non-hydrogen) atoms. The fraction of sp³-hybridized carbons (Fsp3) is 0.0476. The van der Waals surface area contributed by atoms with Gasteiger partial charge in [0.25, 0.3) is 5.69 Å². The van der Waals surface area contributed by atoms with E-state index >= 15 is 0 Å². The van der Waals surface area contributed by atoms with Crippen molar-refractivity contribution >= 4 is 40.3 Å². The lowest BCUT2D eigenvalue weighted by Crippen LogP contribution is -1.91. The number of hydrogen-bond acceptors (Lipinski definition) is 6. The summed E-state index contributed by atoms with van der Waals surface area (Å²) < 4.78 is 11.0. The molecule has 8 heteroatoms. The number of aliphatic imine (C=N–C) groups is 1. The van der Waals surface area contributed by atoms with E-state index in [0.29, 0.717) is 28.2 Å². The van der Waals surface area contributed by atoms with E-state index in [4.69, 9.17) is 20.8 Å². The minimum Gasteiger partial charge on any atom is -0.497 e. The van der Waals surface area contributed by atoms with Crippen LogP contribution in [0.25, 0.3) is 22.6 Å². The number of methoxy groups -OCH3 is 1. The van der Waals surface area contributed by atoms with Crippen LogP contribution in [0.3, 0.4) is 0 Å². The Morgan fingerprint density at radius 1 is 1.14 bits per heavy atom. The van der Waals surface area contributed by atoms with Crippen LogP contribution in [-0.4, -0.2) is 23.2 Å². The topological polar surface area (TPSA) is 90.8 Å². The molecule has 1 aromatic heterocycles. The molecule has 0 bridgehead atoms. The Kier molecular flexibility index (Phi) is 4.97. The van der Waals surface area contributed by atoms with Crippen LogP contribution < -0.4 is 4.74 Å². The van der Waals surface area contributed by atoms with E-state index in [0.717, 1.165) is 11.3 Å². The van der Waals surface area contributed by atoms with E-state index in [1.165, 1.54) is 18.3 Å². The lowest BCUT2D eigenvalue weighted by Gasteiger charge is -1.99. The van der Waals surface area contributed by atoms with Gasteiger partial charge in [-0.3, -0.25) is 15.1 Å². The highest BCUT2D eigenvalue weighted by Gasteiger charge is 2.12. The van der Waals surface area contributed by atoms with Gasteiger partial charge in [0.15, 0.2) is 5.58 Å². The van der Waals surface area contributed by atoms with Crippen molar-refractivity contribution in [1.82, 2.24) is 4.98 Å². The van der Waals surface area contributed by atoms with E-state index in [2.05, 4.69) is 9.98 Å². The number of ether oxygens (including phenoxy) is 1. The number of oxazole rings is 1. The van der Waals surface area contributed by atoms with Gasteiger partial charge in [-0.25, -0.2) is 4.98 Å². The Labute approximate surface area is 170 Å². The molecule has 0 fully saturated rings. The summed E-state index contributed by atoms with van der Waals surface area (Å²) in [5, 5.41) is 11.1. The van der Waals surface area contributed by atoms with Crippen LogP contribution >= 0.6 is 11.6 Å². The number of halogens is 1. The number of nitro benzene ring substituents is 1. The number of benzene rings is 3. The standard InChI is InChI=1S/C21H14ClN3O4/c1-28-16-6-3-14(4-7-16)21-24-18-11-15(5-9-20(18)29-21)23-12-13-2-8-17(22)19(10-13)25(26)27/h2-12H,1H3. The van der Waals surface area contributed by atoms with E-state index in [-0.39, 0.29) is 10.7 Å². The molecular formula is C21H14ClN3O4. The van der Waals surface area contributed by atoms with Gasteiger partial charge in [0.05, 0.1) is 17.7 Å². The van der Waals surface area contributed by atoms with Gasteiger partial charge in [0.1, 0.15) is 16.3 Å². The maximum atomic E-state index is 11.0. The largest absolute Gasteiger partial charge is 0.497 e. The molecule has 1 heterocycles. The van der Waals surface area contributed by atoms with Crippen molar-refractivity contribution in [1.29, 1.82) is 0 Å². The summed E-state index contributed by atoms with van der Waals surface area (Å²) in [5.41, 5.74) is 3.18. The third-order valence-electron chi connectivity index (χ3n) is 4.24. The molecule has 0 saturated heterocycles. The molecule has 0 saturated carbocycles. The monoisotopic (exact) mass is 407 g/mol. The molecule has 0 unspecified atom stereocenters. The Morgan fingerprint density at radius 3 is 2.66 bits per heavy atom. The van der Waals surface area contributed by atoms with Gasteiger partial charge in [0, 0.05) is 17.8 Å². The molecule has 0 aliphatic rings. The quantitative estimate of drug-likeness (QED) is 0.236. The van der Waals surface area contributed by atoms with Crippen LogP contribution in [0.15, 0.2) is 70.1 Å². The van der Waals surface area contributed by atoms with Crippen molar-refractivity contribution < 1.29 is 14.1 Å². The minimum atomic E-state index is -0.526. The van der Waals surface area contributed by atoms with Crippen LogP contribution in [0, 0.1) is 10.1 Å². The number of nitro groups is 1. The Morgan fingerprint density at radius 2 is 1.93 bits per heavy atom. The van der Waals surface area contributed by atoms with Gasteiger partial charge >= 0.3 is 0 Å². The molecule has 0 N–H and O–H groups in total. The van der Waals surface area contributed by atoms with Crippen molar-refractivity contribution in [3.05, 3.63) is 81.4 Å². The summed E-state index contributed by atoms with van der Waals surface area (Å²) in [7, 11) is 1.61. The maximum absolute atomic E-state index is 11.0. The van der Waals surface area contributed by atoms with Crippen molar-refractivity contribution in [3.8, 4) is 17.2 Å². The molecule has 3 aromatic carbocycles. The number of hydrogen-bond donors (Lipinski definition) is 0. The van der Waals surface area contributed by atoms with Gasteiger partial charge in [0.2, 0.25) is 5.89 Å². The van der Waals surface area contributed by atoms with Gasteiger partial charge < -0.3 is 9.15 Å². The second-order valence-corrected chi connectivity index (χ2v) is 6.53. The fourth-order valence-corrected chi connectivity index (χ4v) is 2.94. The number of nitrogens with zero attached hydrogens (tertiary/aromatic N) is 3. The first kappa shape index (κ1) is 18.6. The zero-order valence-electron chi connectivity index (χ0n) is 15.2. The van der Waals surface area contributed by atoms with E-state index in [9.17, 15) is 10.1 Å². The molecule has 7 nitrogen and oxygen atoms in total. The lowest BCUT2D eigenvalue weighted by molar-refractivity contribution is -0.384. The maximum Gasteiger partial charge on any atom is 0.288 e. The summed E-state index contributed by atoms with van der Waals surface area (Å²) in [4.78, 5) is 19.4. The highest BCUT2D eigenvalue weighted by molar-refractivity contribution is 6.32. The van der Waals surface area contributed by atoms with Gasteiger partial charge in [-0.05, 0) is 54.1 Å². The van der Waals surface area contributed by atoms with Crippen LogP contribution in [0.2, 0.25) is 5.02 Å². The van der Waals surface area contributed by atoms with Gasteiger partial charge in [-0.2, -0.15) is 0 Å². The molecule has 0 radical (unpaired) electrons. The molecular weight excluding hydrogens is 394 g/mol. The van der Waals surface area contributed by atoms with E-state index < -0.39 is 4.92 Å². The molecule has 0 atom stereocenters. The molecule has 0 aliphatic heterocycles. The van der Waals surface area contributed by atoms with Gasteiger partial charge in [-0.1, -0.05) is 17.7 Å². The third kappa shape index (κ3) is 3.95.